The molecule has 0 aromatic heterocycles. The summed E-state index contributed by atoms with van der Waals surface area (Å²) in [5.41, 5.74) is 5.04. The van der Waals surface area contributed by atoms with Crippen molar-refractivity contribution in [2.75, 3.05) is 6.54 Å². The fourth-order valence-electron chi connectivity index (χ4n) is 1.11. The molecule has 2 amide bonds. The highest BCUT2D eigenvalue weighted by Gasteiger charge is 2.12. The van der Waals surface area contributed by atoms with Crippen molar-refractivity contribution >= 4 is 11.8 Å². The lowest BCUT2D eigenvalue weighted by Gasteiger charge is -2.18. The number of rotatable bonds is 7. The van der Waals surface area contributed by atoms with Crippen LogP contribution >= 0.6 is 0 Å². The molecule has 0 aromatic rings. The monoisotopic (exact) mass is 229 g/mol. The predicted molar refractivity (Wildman–Crippen MR) is 63.7 cm³/mol. The van der Waals surface area contributed by atoms with Crippen molar-refractivity contribution in [2.24, 2.45) is 11.7 Å². The first kappa shape index (κ1) is 14.9. The van der Waals surface area contributed by atoms with Gasteiger partial charge in [0.2, 0.25) is 11.8 Å². The minimum atomic E-state index is -0.365. The van der Waals surface area contributed by atoms with E-state index in [-0.39, 0.29) is 36.9 Å². The van der Waals surface area contributed by atoms with Crippen LogP contribution in [-0.4, -0.2) is 30.4 Å². The summed E-state index contributed by atoms with van der Waals surface area (Å²) in [6.45, 7) is 8.10. The minimum Gasteiger partial charge on any atom is -0.370 e. The second-order valence-corrected chi connectivity index (χ2v) is 4.55. The van der Waals surface area contributed by atoms with E-state index in [1.54, 1.807) is 0 Å². The Labute approximate surface area is 97.2 Å². The highest BCUT2D eigenvalue weighted by atomic mass is 16.2. The standard InChI is InChI=1S/C11H23N3O2/c1-7(2)9(4)14-11(16)6-13-8(3)5-10(12)15/h7-9,13H,5-6H2,1-4H3,(H2,12,15)(H,14,16). The fourth-order valence-corrected chi connectivity index (χ4v) is 1.11. The Morgan fingerprint density at radius 1 is 1.19 bits per heavy atom. The highest BCUT2D eigenvalue weighted by molar-refractivity contribution is 5.78. The zero-order valence-electron chi connectivity index (χ0n) is 10.5. The third-order valence-corrected chi connectivity index (χ3v) is 2.51. The van der Waals surface area contributed by atoms with Crippen LogP contribution in [0.1, 0.15) is 34.1 Å². The summed E-state index contributed by atoms with van der Waals surface area (Å²) in [4.78, 5) is 22.1. The van der Waals surface area contributed by atoms with Gasteiger partial charge in [-0.15, -0.1) is 0 Å². The number of primary amides is 1. The van der Waals surface area contributed by atoms with Gasteiger partial charge in [-0.3, -0.25) is 9.59 Å². The van der Waals surface area contributed by atoms with Gasteiger partial charge in [0.1, 0.15) is 0 Å². The average Bonchev–Trinajstić information content (AvgIpc) is 2.13. The van der Waals surface area contributed by atoms with Gasteiger partial charge in [-0.05, 0) is 19.8 Å². The van der Waals surface area contributed by atoms with Crippen LogP contribution in [-0.2, 0) is 9.59 Å². The summed E-state index contributed by atoms with van der Waals surface area (Å²) in [5, 5.41) is 5.82. The van der Waals surface area contributed by atoms with E-state index >= 15 is 0 Å². The lowest BCUT2D eigenvalue weighted by atomic mass is 10.1. The summed E-state index contributed by atoms with van der Waals surface area (Å²) in [7, 11) is 0. The Bertz CT molecular complexity index is 241. The van der Waals surface area contributed by atoms with E-state index in [2.05, 4.69) is 10.6 Å². The second-order valence-electron chi connectivity index (χ2n) is 4.55. The smallest absolute Gasteiger partial charge is 0.234 e. The summed E-state index contributed by atoms with van der Waals surface area (Å²) in [6.07, 6.45) is 0.243. The molecule has 0 radical (unpaired) electrons. The molecule has 0 rings (SSSR count). The third-order valence-electron chi connectivity index (χ3n) is 2.51. The summed E-state index contributed by atoms with van der Waals surface area (Å²) in [6, 6.07) is 0.0818. The van der Waals surface area contributed by atoms with E-state index in [9.17, 15) is 9.59 Å². The molecule has 0 saturated carbocycles. The van der Waals surface area contributed by atoms with Gasteiger partial charge < -0.3 is 16.4 Å². The van der Waals surface area contributed by atoms with Crippen LogP contribution < -0.4 is 16.4 Å². The minimum absolute atomic E-state index is 0.0579. The maximum atomic E-state index is 11.5. The first-order chi connectivity index (χ1) is 7.32. The van der Waals surface area contributed by atoms with Crippen molar-refractivity contribution in [3.8, 4) is 0 Å². The van der Waals surface area contributed by atoms with Crippen molar-refractivity contribution in [1.29, 1.82) is 0 Å². The number of nitrogens with one attached hydrogen (secondary N) is 2. The molecule has 2 unspecified atom stereocenters. The fraction of sp³-hybridized carbons (Fsp3) is 0.818. The van der Waals surface area contributed by atoms with Crippen molar-refractivity contribution < 1.29 is 9.59 Å². The molecular weight excluding hydrogens is 206 g/mol. The molecular formula is C11H23N3O2. The van der Waals surface area contributed by atoms with Gasteiger partial charge >= 0.3 is 0 Å². The largest absolute Gasteiger partial charge is 0.370 e. The lowest BCUT2D eigenvalue weighted by Crippen LogP contribution is -2.43. The predicted octanol–water partition coefficient (Wildman–Crippen LogP) is 0.000600. The molecule has 5 nitrogen and oxygen atoms in total. The number of hydrogen-bond acceptors (Lipinski definition) is 3. The Balaban J connectivity index is 3.77. The zero-order valence-corrected chi connectivity index (χ0v) is 10.5. The Morgan fingerprint density at radius 2 is 1.75 bits per heavy atom. The van der Waals surface area contributed by atoms with Gasteiger partial charge in [-0.2, -0.15) is 0 Å². The molecule has 0 aliphatic heterocycles. The van der Waals surface area contributed by atoms with Gasteiger partial charge in [-0.1, -0.05) is 13.8 Å². The van der Waals surface area contributed by atoms with Crippen molar-refractivity contribution in [3.05, 3.63) is 0 Å². The van der Waals surface area contributed by atoms with Gasteiger partial charge in [0.05, 0.1) is 6.54 Å². The quantitative estimate of drug-likeness (QED) is 0.574. The molecule has 0 bridgehead atoms. The number of amides is 2. The second kappa shape index (κ2) is 7.22. The summed E-state index contributed by atoms with van der Waals surface area (Å²) < 4.78 is 0. The van der Waals surface area contributed by atoms with Gasteiger partial charge in [0, 0.05) is 18.5 Å². The molecule has 0 aliphatic rings. The first-order valence-corrected chi connectivity index (χ1v) is 5.64. The molecule has 0 heterocycles. The highest BCUT2D eigenvalue weighted by Crippen LogP contribution is 1.98. The molecule has 4 N–H and O–H groups in total. The molecule has 0 aliphatic carbocycles. The van der Waals surface area contributed by atoms with Crippen LogP contribution in [0.4, 0.5) is 0 Å². The van der Waals surface area contributed by atoms with E-state index in [0.717, 1.165) is 0 Å². The van der Waals surface area contributed by atoms with Crippen LogP contribution in [0.5, 0.6) is 0 Å². The number of hydrogen-bond donors (Lipinski definition) is 3. The van der Waals surface area contributed by atoms with Crippen LogP contribution in [0.15, 0.2) is 0 Å². The van der Waals surface area contributed by atoms with Crippen LogP contribution in [0, 0.1) is 5.92 Å². The van der Waals surface area contributed by atoms with Crippen LogP contribution in [0.25, 0.3) is 0 Å². The van der Waals surface area contributed by atoms with Crippen molar-refractivity contribution in [1.82, 2.24) is 10.6 Å². The molecule has 0 fully saturated rings. The number of nitrogens with two attached hydrogens (primary N) is 1. The average molecular weight is 229 g/mol. The van der Waals surface area contributed by atoms with Crippen molar-refractivity contribution in [3.63, 3.8) is 0 Å². The van der Waals surface area contributed by atoms with E-state index in [4.69, 9.17) is 5.73 Å². The zero-order chi connectivity index (χ0) is 12.7. The van der Waals surface area contributed by atoms with Gasteiger partial charge in [0.15, 0.2) is 0 Å². The van der Waals surface area contributed by atoms with Gasteiger partial charge in [-0.25, -0.2) is 0 Å². The van der Waals surface area contributed by atoms with E-state index in [0.29, 0.717) is 5.92 Å². The molecule has 0 aromatic carbocycles. The van der Waals surface area contributed by atoms with Crippen LogP contribution in [0.3, 0.4) is 0 Å². The van der Waals surface area contributed by atoms with Gasteiger partial charge in [0.25, 0.3) is 0 Å². The Kier molecular flexibility index (Phi) is 6.72. The normalized spacial score (nSPS) is 14.6. The summed E-state index contributed by atoms with van der Waals surface area (Å²) >= 11 is 0. The lowest BCUT2D eigenvalue weighted by molar-refractivity contribution is -0.122. The van der Waals surface area contributed by atoms with Crippen LogP contribution in [0.2, 0.25) is 0 Å². The summed E-state index contributed by atoms with van der Waals surface area (Å²) in [5.74, 6) is -0.0135. The molecule has 16 heavy (non-hydrogen) atoms. The molecule has 0 saturated heterocycles. The molecule has 5 heteroatoms. The topological polar surface area (TPSA) is 84.2 Å². The molecule has 94 valence electrons. The number of carbonyl (C=O) groups is 2. The van der Waals surface area contributed by atoms with Crippen molar-refractivity contribution in [2.45, 2.75) is 46.2 Å². The Hall–Kier alpha value is -1.10. The maximum Gasteiger partial charge on any atom is 0.234 e. The Morgan fingerprint density at radius 3 is 2.19 bits per heavy atom. The molecule has 0 spiro atoms. The van der Waals surface area contributed by atoms with E-state index in [1.165, 1.54) is 0 Å². The molecule has 2 atom stereocenters. The first-order valence-electron chi connectivity index (χ1n) is 5.64. The maximum absolute atomic E-state index is 11.5. The number of carbonyl (C=O) groups excluding carboxylic acids is 2. The van der Waals surface area contributed by atoms with E-state index < -0.39 is 0 Å². The van der Waals surface area contributed by atoms with E-state index in [1.807, 2.05) is 27.7 Å². The third kappa shape index (κ3) is 7.23. The SMILES string of the molecule is CC(CC(N)=O)NCC(=O)NC(C)C(C)C.